The second-order valence-corrected chi connectivity index (χ2v) is 5.43. The molecule has 144 valence electrons. The molecule has 0 bridgehead atoms. The summed E-state index contributed by atoms with van der Waals surface area (Å²) in [5.74, 6) is -4.73. The highest BCUT2D eigenvalue weighted by Crippen LogP contribution is 2.36. The van der Waals surface area contributed by atoms with Crippen molar-refractivity contribution < 1.29 is 37.1 Å². The molecule has 11 heteroatoms. The highest BCUT2D eigenvalue weighted by atomic mass is 19.4. The molecule has 0 saturated heterocycles. The molecule has 0 fully saturated rings. The summed E-state index contributed by atoms with van der Waals surface area (Å²) in [4.78, 5) is 28.6. The predicted molar refractivity (Wildman–Crippen MR) is 86.0 cm³/mol. The number of methoxy groups -OCH3 is 1. The molecule has 0 amide bonds. The van der Waals surface area contributed by atoms with E-state index in [1.807, 2.05) is 0 Å². The first-order valence-corrected chi connectivity index (χ1v) is 7.30. The Morgan fingerprint density at radius 1 is 1.33 bits per heavy atom. The van der Waals surface area contributed by atoms with Gasteiger partial charge in [0, 0.05) is 26.5 Å². The number of aromatic carboxylic acids is 1. The van der Waals surface area contributed by atoms with Crippen LogP contribution in [0.3, 0.4) is 0 Å². The molecule has 0 saturated carbocycles. The lowest BCUT2D eigenvalue weighted by molar-refractivity contribution is -0.164. The van der Waals surface area contributed by atoms with Crippen LogP contribution in [-0.2, 0) is 4.79 Å². The summed E-state index contributed by atoms with van der Waals surface area (Å²) in [7, 11) is 4.01. The van der Waals surface area contributed by atoms with Gasteiger partial charge in [-0.15, -0.1) is 0 Å². The Labute approximate surface area is 150 Å². The fourth-order valence-electron chi connectivity index (χ4n) is 2.22. The third-order valence-electron chi connectivity index (χ3n) is 3.26. The summed E-state index contributed by atoms with van der Waals surface area (Å²) in [6.45, 7) is 0. The summed E-state index contributed by atoms with van der Waals surface area (Å²) in [6, 6.07) is 2.86. The lowest BCUT2D eigenvalue weighted by Crippen LogP contribution is -2.25. The number of carbonyl (C=O) groups excluding carboxylic acids is 1. The largest absolute Gasteiger partial charge is 0.481 e. The Morgan fingerprint density at radius 2 is 2.00 bits per heavy atom. The van der Waals surface area contributed by atoms with E-state index in [1.165, 1.54) is 39.5 Å². The van der Waals surface area contributed by atoms with Crippen LogP contribution in [0.2, 0.25) is 0 Å². The van der Waals surface area contributed by atoms with Gasteiger partial charge >= 0.3 is 12.1 Å². The number of Topliss-reactive ketones (excluding diaryl/α,β-unsaturated/α-hetero) is 1. The third kappa shape index (κ3) is 4.07. The highest BCUT2D eigenvalue weighted by Gasteiger charge is 2.44. The number of pyridine rings is 1. The zero-order valence-electron chi connectivity index (χ0n) is 14.4. The van der Waals surface area contributed by atoms with Gasteiger partial charge in [-0.3, -0.25) is 4.79 Å². The number of carboxylic acids is 1. The van der Waals surface area contributed by atoms with E-state index in [-0.39, 0.29) is 17.1 Å². The maximum Gasteiger partial charge on any atom is 0.455 e. The molecule has 0 aliphatic heterocycles. The normalized spacial score (nSPS) is 12.0. The van der Waals surface area contributed by atoms with Crippen LogP contribution in [0.4, 0.5) is 13.2 Å². The molecule has 27 heavy (non-hydrogen) atoms. The van der Waals surface area contributed by atoms with Crippen LogP contribution >= 0.6 is 0 Å². The van der Waals surface area contributed by atoms with Crippen molar-refractivity contribution in [1.82, 2.24) is 15.0 Å². The first kappa shape index (κ1) is 19.9. The maximum absolute atomic E-state index is 13.0. The lowest BCUT2D eigenvalue weighted by atomic mass is 10.0. The number of ketones is 1. The van der Waals surface area contributed by atoms with Gasteiger partial charge in [0.15, 0.2) is 5.76 Å². The SMILES string of the molecule is COc1ncccc1-c1noc(C(=CN(C)C)C(=O)C(F)(F)F)c1C(=O)O. The Morgan fingerprint density at radius 3 is 2.52 bits per heavy atom. The minimum Gasteiger partial charge on any atom is -0.481 e. The average Bonchev–Trinajstić information content (AvgIpc) is 3.02. The topological polar surface area (TPSA) is 106 Å². The fourth-order valence-corrected chi connectivity index (χ4v) is 2.22. The zero-order valence-corrected chi connectivity index (χ0v) is 14.4. The van der Waals surface area contributed by atoms with Gasteiger partial charge < -0.3 is 19.3 Å². The smallest absolute Gasteiger partial charge is 0.455 e. The van der Waals surface area contributed by atoms with Crippen LogP contribution in [0.15, 0.2) is 29.1 Å². The Hall–Kier alpha value is -3.37. The Bertz CT molecular complexity index is 903. The second kappa shape index (κ2) is 7.48. The van der Waals surface area contributed by atoms with Crippen LogP contribution < -0.4 is 4.74 Å². The summed E-state index contributed by atoms with van der Waals surface area (Å²) in [5.41, 5.74) is -1.95. The first-order valence-electron chi connectivity index (χ1n) is 7.30. The number of carbonyl (C=O) groups is 2. The molecule has 0 spiro atoms. The third-order valence-corrected chi connectivity index (χ3v) is 3.26. The van der Waals surface area contributed by atoms with E-state index < -0.39 is 34.8 Å². The van der Waals surface area contributed by atoms with Crippen molar-refractivity contribution in [3.8, 4) is 17.1 Å². The molecule has 2 rings (SSSR count). The number of hydrogen-bond acceptors (Lipinski definition) is 7. The molecular formula is C16H14F3N3O5. The second-order valence-electron chi connectivity index (χ2n) is 5.43. The van der Waals surface area contributed by atoms with Crippen molar-refractivity contribution in [3.05, 3.63) is 35.9 Å². The van der Waals surface area contributed by atoms with E-state index in [0.717, 1.165) is 11.1 Å². The fraction of sp³-hybridized carbons (Fsp3) is 0.250. The molecular weight excluding hydrogens is 371 g/mol. The highest BCUT2D eigenvalue weighted by molar-refractivity contribution is 6.24. The first-order chi connectivity index (χ1) is 12.6. The zero-order chi connectivity index (χ0) is 20.4. The van der Waals surface area contributed by atoms with Gasteiger partial charge in [-0.2, -0.15) is 13.2 Å². The van der Waals surface area contributed by atoms with Gasteiger partial charge in [0.05, 0.1) is 18.2 Å². The van der Waals surface area contributed by atoms with Gasteiger partial charge in [-0.05, 0) is 12.1 Å². The molecule has 2 heterocycles. The van der Waals surface area contributed by atoms with Crippen LogP contribution in [0, 0.1) is 0 Å². The summed E-state index contributed by atoms with van der Waals surface area (Å²) in [5, 5.41) is 13.1. The van der Waals surface area contributed by atoms with Gasteiger partial charge in [-0.25, -0.2) is 9.78 Å². The van der Waals surface area contributed by atoms with E-state index in [1.54, 1.807) is 0 Å². The van der Waals surface area contributed by atoms with Crippen LogP contribution in [-0.4, -0.2) is 59.3 Å². The van der Waals surface area contributed by atoms with Gasteiger partial charge in [0.25, 0.3) is 5.78 Å². The van der Waals surface area contributed by atoms with E-state index in [0.29, 0.717) is 0 Å². The van der Waals surface area contributed by atoms with E-state index in [2.05, 4.69) is 10.1 Å². The minimum absolute atomic E-state index is 0.0138. The Kier molecular flexibility index (Phi) is 5.52. The molecule has 0 radical (unpaired) electrons. The molecule has 1 N–H and O–H groups in total. The lowest BCUT2D eigenvalue weighted by Gasteiger charge is -2.11. The standard InChI is InChI=1S/C16H14F3N3O5/c1-22(2)7-9(13(23)16(17,18)19)12-10(15(24)25)11(21-27-12)8-5-4-6-20-14(8)26-3/h4-7H,1-3H3,(H,24,25). The molecule has 2 aromatic rings. The maximum atomic E-state index is 13.0. The number of carboxylic acid groups (broad SMARTS) is 1. The van der Waals surface area contributed by atoms with Crippen molar-refractivity contribution in [2.75, 3.05) is 21.2 Å². The number of aromatic nitrogens is 2. The Balaban J connectivity index is 2.76. The van der Waals surface area contributed by atoms with Crippen LogP contribution in [0.5, 0.6) is 5.88 Å². The molecule has 2 aromatic heterocycles. The summed E-state index contributed by atoms with van der Waals surface area (Å²) in [6.07, 6.45) is -3.06. The van der Waals surface area contributed by atoms with E-state index in [4.69, 9.17) is 9.26 Å². The average molecular weight is 385 g/mol. The van der Waals surface area contributed by atoms with Gasteiger partial charge in [0.1, 0.15) is 11.3 Å². The summed E-state index contributed by atoms with van der Waals surface area (Å²) >= 11 is 0. The number of ether oxygens (including phenoxy) is 1. The summed E-state index contributed by atoms with van der Waals surface area (Å²) < 4.78 is 48.8. The number of nitrogens with zero attached hydrogens (tertiary/aromatic N) is 3. The molecule has 0 aliphatic carbocycles. The van der Waals surface area contributed by atoms with E-state index in [9.17, 15) is 27.9 Å². The van der Waals surface area contributed by atoms with Crippen molar-refractivity contribution in [3.63, 3.8) is 0 Å². The monoisotopic (exact) mass is 385 g/mol. The molecule has 8 nitrogen and oxygen atoms in total. The predicted octanol–water partition coefficient (Wildman–Crippen LogP) is 2.48. The van der Waals surface area contributed by atoms with Crippen molar-refractivity contribution in [2.24, 2.45) is 0 Å². The molecule has 0 aromatic carbocycles. The molecule has 0 atom stereocenters. The van der Waals surface area contributed by atoms with Crippen molar-refractivity contribution in [2.45, 2.75) is 6.18 Å². The number of hydrogen-bond donors (Lipinski definition) is 1. The number of allylic oxidation sites excluding steroid dienone is 1. The van der Waals surface area contributed by atoms with Gasteiger partial charge in [0.2, 0.25) is 5.88 Å². The quantitative estimate of drug-likeness (QED) is 0.756. The molecule has 0 unspecified atom stereocenters. The van der Waals surface area contributed by atoms with Crippen molar-refractivity contribution >= 4 is 17.3 Å². The number of halogens is 3. The molecule has 0 aliphatic rings. The van der Waals surface area contributed by atoms with Crippen LogP contribution in [0.1, 0.15) is 16.1 Å². The van der Waals surface area contributed by atoms with E-state index >= 15 is 0 Å². The minimum atomic E-state index is -5.24. The number of rotatable bonds is 6. The number of alkyl halides is 3. The van der Waals surface area contributed by atoms with Crippen LogP contribution in [0.25, 0.3) is 16.8 Å². The van der Waals surface area contributed by atoms with Gasteiger partial charge in [-0.1, -0.05) is 5.16 Å². The van der Waals surface area contributed by atoms with Crippen molar-refractivity contribution in [1.29, 1.82) is 0 Å².